The third kappa shape index (κ3) is 3.94. The van der Waals surface area contributed by atoms with Crippen molar-refractivity contribution in [2.75, 3.05) is 0 Å². The van der Waals surface area contributed by atoms with Crippen molar-refractivity contribution in [3.63, 3.8) is 0 Å². The quantitative estimate of drug-likeness (QED) is 0.806. The summed E-state index contributed by atoms with van der Waals surface area (Å²) in [6, 6.07) is 18.0. The predicted octanol–water partition coefficient (Wildman–Crippen LogP) is 4.97. The first kappa shape index (κ1) is 14.8. The summed E-state index contributed by atoms with van der Waals surface area (Å²) in [5, 5.41) is 3.59. The van der Waals surface area contributed by atoms with Crippen molar-refractivity contribution in [3.05, 3.63) is 70.8 Å². The van der Waals surface area contributed by atoms with E-state index in [0.29, 0.717) is 12.0 Å². The molecule has 1 nitrogen and oxygen atoms in total. The summed E-state index contributed by atoms with van der Waals surface area (Å²) < 4.78 is 0. The first-order valence-electron chi connectivity index (χ1n) is 7.45. The Balaban J connectivity index is 1.94. The molecule has 1 heteroatoms. The zero-order valence-electron chi connectivity index (χ0n) is 13.0. The number of aryl methyl sites for hydroxylation is 1. The van der Waals surface area contributed by atoms with Crippen molar-refractivity contribution in [2.24, 2.45) is 0 Å². The van der Waals surface area contributed by atoms with Crippen LogP contribution in [0.4, 0.5) is 0 Å². The van der Waals surface area contributed by atoms with Crippen molar-refractivity contribution in [2.45, 2.75) is 46.2 Å². The molecule has 0 heterocycles. The van der Waals surface area contributed by atoms with E-state index in [-0.39, 0.29) is 0 Å². The van der Waals surface area contributed by atoms with Gasteiger partial charge < -0.3 is 5.32 Å². The van der Waals surface area contributed by atoms with Crippen LogP contribution in [0.15, 0.2) is 48.5 Å². The number of benzene rings is 2. The molecule has 0 spiro atoms. The highest BCUT2D eigenvalue weighted by molar-refractivity contribution is 5.26. The third-order valence-corrected chi connectivity index (χ3v) is 3.80. The van der Waals surface area contributed by atoms with Crippen LogP contribution in [0.2, 0.25) is 0 Å². The molecule has 0 bridgehead atoms. The second-order valence-corrected chi connectivity index (χ2v) is 5.91. The Morgan fingerprint density at radius 3 is 2.20 bits per heavy atom. The minimum absolute atomic E-state index is 0.375. The smallest absolute Gasteiger partial charge is 0.0295 e. The van der Waals surface area contributed by atoms with Crippen LogP contribution >= 0.6 is 0 Å². The fraction of sp³-hybridized carbons (Fsp3) is 0.368. The molecular weight excluding hydrogens is 242 g/mol. The molecule has 0 aliphatic rings. The van der Waals surface area contributed by atoms with Crippen LogP contribution < -0.4 is 5.32 Å². The highest BCUT2D eigenvalue weighted by Crippen LogP contribution is 2.17. The number of rotatable bonds is 5. The molecule has 0 unspecified atom stereocenters. The number of nitrogens with one attached hydrogen (secondary N) is 1. The van der Waals surface area contributed by atoms with Crippen LogP contribution in [0.3, 0.4) is 0 Å². The van der Waals surface area contributed by atoms with Crippen molar-refractivity contribution < 1.29 is 0 Å². The molecular formula is C19H25N. The second-order valence-electron chi connectivity index (χ2n) is 5.91. The van der Waals surface area contributed by atoms with E-state index < -0.39 is 0 Å². The molecule has 1 N–H and O–H groups in total. The molecule has 0 fully saturated rings. The molecule has 106 valence electrons. The van der Waals surface area contributed by atoms with Crippen molar-refractivity contribution in [1.82, 2.24) is 5.32 Å². The minimum atomic E-state index is 0.375. The second kappa shape index (κ2) is 6.71. The SMILES string of the molecule is Cc1cccc([C@H](C)NCc2ccc(C(C)C)cc2)c1. The van der Waals surface area contributed by atoms with Crippen LogP contribution in [0.25, 0.3) is 0 Å². The van der Waals surface area contributed by atoms with Gasteiger partial charge in [0.05, 0.1) is 0 Å². The van der Waals surface area contributed by atoms with Gasteiger partial charge in [-0.05, 0) is 36.5 Å². The lowest BCUT2D eigenvalue weighted by molar-refractivity contribution is 0.574. The Morgan fingerprint density at radius 2 is 1.60 bits per heavy atom. The van der Waals surface area contributed by atoms with Gasteiger partial charge in [-0.3, -0.25) is 0 Å². The Morgan fingerprint density at radius 1 is 0.900 bits per heavy atom. The number of hydrogen-bond acceptors (Lipinski definition) is 1. The minimum Gasteiger partial charge on any atom is -0.306 e. The summed E-state index contributed by atoms with van der Waals surface area (Å²) >= 11 is 0. The Bertz CT molecular complexity index is 540. The van der Waals surface area contributed by atoms with E-state index in [0.717, 1.165) is 6.54 Å². The lowest BCUT2D eigenvalue weighted by Crippen LogP contribution is -2.18. The van der Waals surface area contributed by atoms with Crippen molar-refractivity contribution >= 4 is 0 Å². The average Bonchev–Trinajstić information content (AvgIpc) is 2.45. The molecule has 0 aliphatic heterocycles. The van der Waals surface area contributed by atoms with Crippen LogP contribution in [0, 0.1) is 6.92 Å². The average molecular weight is 267 g/mol. The van der Waals surface area contributed by atoms with Gasteiger partial charge in [0.1, 0.15) is 0 Å². The van der Waals surface area contributed by atoms with E-state index in [1.807, 2.05) is 0 Å². The summed E-state index contributed by atoms with van der Waals surface area (Å²) in [6.45, 7) is 9.73. The van der Waals surface area contributed by atoms with Crippen LogP contribution in [0.5, 0.6) is 0 Å². The molecule has 20 heavy (non-hydrogen) atoms. The standard InChI is InChI=1S/C19H25N/c1-14(2)18-10-8-17(9-11-18)13-20-16(4)19-7-5-6-15(3)12-19/h5-12,14,16,20H,13H2,1-4H3/t16-/m0/s1. The van der Waals surface area contributed by atoms with Gasteiger partial charge in [0.25, 0.3) is 0 Å². The topological polar surface area (TPSA) is 12.0 Å². The van der Waals surface area contributed by atoms with E-state index in [1.165, 1.54) is 22.3 Å². The van der Waals surface area contributed by atoms with E-state index in [9.17, 15) is 0 Å². The van der Waals surface area contributed by atoms with Crippen LogP contribution in [-0.2, 0) is 6.54 Å². The molecule has 2 aromatic carbocycles. The van der Waals surface area contributed by atoms with E-state index in [2.05, 4.69) is 81.5 Å². The van der Waals surface area contributed by atoms with Gasteiger partial charge in [-0.2, -0.15) is 0 Å². The fourth-order valence-corrected chi connectivity index (χ4v) is 2.35. The van der Waals surface area contributed by atoms with E-state index in [1.54, 1.807) is 0 Å². The van der Waals surface area contributed by atoms with E-state index in [4.69, 9.17) is 0 Å². The molecule has 2 rings (SSSR count). The molecule has 0 saturated heterocycles. The van der Waals surface area contributed by atoms with Gasteiger partial charge in [0.2, 0.25) is 0 Å². The molecule has 0 radical (unpaired) electrons. The summed E-state index contributed by atoms with van der Waals surface area (Å²) in [5.41, 5.74) is 5.41. The van der Waals surface area contributed by atoms with Crippen molar-refractivity contribution in [1.29, 1.82) is 0 Å². The molecule has 0 aromatic heterocycles. The molecule has 0 saturated carbocycles. The lowest BCUT2D eigenvalue weighted by Gasteiger charge is -2.15. The summed E-state index contributed by atoms with van der Waals surface area (Å²) in [4.78, 5) is 0. The van der Waals surface area contributed by atoms with Crippen molar-refractivity contribution in [3.8, 4) is 0 Å². The maximum atomic E-state index is 3.59. The third-order valence-electron chi connectivity index (χ3n) is 3.80. The number of hydrogen-bond donors (Lipinski definition) is 1. The summed E-state index contributed by atoms with van der Waals surface area (Å²) in [7, 11) is 0. The molecule has 1 atom stereocenters. The first-order valence-corrected chi connectivity index (χ1v) is 7.45. The summed E-state index contributed by atoms with van der Waals surface area (Å²) in [5.74, 6) is 0.600. The Hall–Kier alpha value is -1.60. The van der Waals surface area contributed by atoms with E-state index >= 15 is 0 Å². The maximum absolute atomic E-state index is 3.59. The van der Waals surface area contributed by atoms with Gasteiger partial charge in [-0.1, -0.05) is 67.9 Å². The Labute approximate surface area is 123 Å². The molecule has 0 amide bonds. The summed E-state index contributed by atoms with van der Waals surface area (Å²) in [6.07, 6.45) is 0. The monoisotopic (exact) mass is 267 g/mol. The van der Waals surface area contributed by atoms with Gasteiger partial charge in [-0.15, -0.1) is 0 Å². The fourth-order valence-electron chi connectivity index (χ4n) is 2.35. The van der Waals surface area contributed by atoms with Gasteiger partial charge in [0, 0.05) is 12.6 Å². The molecule has 2 aromatic rings. The zero-order chi connectivity index (χ0) is 14.5. The highest BCUT2D eigenvalue weighted by atomic mass is 14.9. The first-order chi connectivity index (χ1) is 9.56. The maximum Gasteiger partial charge on any atom is 0.0295 e. The Kier molecular flexibility index (Phi) is 4.97. The van der Waals surface area contributed by atoms with Gasteiger partial charge >= 0.3 is 0 Å². The lowest BCUT2D eigenvalue weighted by atomic mass is 10.0. The van der Waals surface area contributed by atoms with Crippen LogP contribution in [0.1, 0.15) is 55.0 Å². The zero-order valence-corrected chi connectivity index (χ0v) is 13.0. The molecule has 0 aliphatic carbocycles. The predicted molar refractivity (Wildman–Crippen MR) is 87.0 cm³/mol. The normalized spacial score (nSPS) is 12.7. The largest absolute Gasteiger partial charge is 0.306 e. The van der Waals surface area contributed by atoms with Gasteiger partial charge in [0.15, 0.2) is 0 Å². The van der Waals surface area contributed by atoms with Crippen LogP contribution in [-0.4, -0.2) is 0 Å². The highest BCUT2D eigenvalue weighted by Gasteiger charge is 2.05. The van der Waals surface area contributed by atoms with Gasteiger partial charge in [-0.25, -0.2) is 0 Å².